The Morgan fingerprint density at radius 2 is 2.09 bits per heavy atom. The molecule has 2 heterocycles. The van der Waals surface area contributed by atoms with E-state index in [4.69, 9.17) is 0 Å². The maximum absolute atomic E-state index is 14.1. The summed E-state index contributed by atoms with van der Waals surface area (Å²) in [6, 6.07) is 9.15. The van der Waals surface area contributed by atoms with Crippen molar-refractivity contribution in [3.05, 3.63) is 53.7 Å². The van der Waals surface area contributed by atoms with Gasteiger partial charge in [0.25, 0.3) is 0 Å². The van der Waals surface area contributed by atoms with Crippen LogP contribution in [0.2, 0.25) is 0 Å². The second-order valence-electron chi connectivity index (χ2n) is 7.39. The summed E-state index contributed by atoms with van der Waals surface area (Å²) in [4.78, 5) is 22.7. The lowest BCUT2D eigenvalue weighted by molar-refractivity contribution is -0.116. The fourth-order valence-electron chi connectivity index (χ4n) is 3.44. The lowest BCUT2D eigenvalue weighted by Crippen LogP contribution is -2.44. The Morgan fingerprint density at radius 3 is 2.81 bits per heavy atom. The Kier molecular flexibility index (Phi) is 10.1. The van der Waals surface area contributed by atoms with E-state index in [-0.39, 0.29) is 42.3 Å². The topological polar surface area (TPSA) is 81.6 Å². The number of benzene rings is 1. The van der Waals surface area contributed by atoms with Crippen LogP contribution in [0.5, 0.6) is 0 Å². The summed E-state index contributed by atoms with van der Waals surface area (Å²) in [5, 5.41) is 9.27. The number of carbonyl (C=O) groups is 1. The Bertz CT molecular complexity index is 942. The molecule has 7 nitrogen and oxygen atoms in total. The number of amides is 1. The van der Waals surface area contributed by atoms with Gasteiger partial charge in [0.15, 0.2) is 5.96 Å². The smallest absolute Gasteiger partial charge is 0.227 e. The van der Waals surface area contributed by atoms with Gasteiger partial charge in [-0.1, -0.05) is 6.07 Å². The molecule has 0 bridgehead atoms. The summed E-state index contributed by atoms with van der Waals surface area (Å²) in [5.41, 5.74) is 1.23. The first-order valence-corrected chi connectivity index (χ1v) is 10.4. The zero-order valence-corrected chi connectivity index (χ0v) is 20.5. The standard InChI is InChI=1S/C22H28F2N6O.HI/c1-3-25-22(26-11-9-21(31)29-20-6-4-5-15(2)27-20)28-17-10-12-30(14-17)19-8-7-16(23)13-18(19)24;/h4-8,13,17H,3,9-12,14H2,1-2H3,(H2,25,26,28)(H,27,29,31);1H. The molecule has 1 atom stereocenters. The van der Waals surface area contributed by atoms with Crippen molar-refractivity contribution in [2.75, 3.05) is 36.4 Å². The van der Waals surface area contributed by atoms with E-state index in [9.17, 15) is 13.6 Å². The van der Waals surface area contributed by atoms with E-state index in [0.717, 1.165) is 18.2 Å². The highest BCUT2D eigenvalue weighted by molar-refractivity contribution is 14.0. The summed E-state index contributed by atoms with van der Waals surface area (Å²) >= 11 is 0. The third-order valence-corrected chi connectivity index (χ3v) is 4.89. The first-order chi connectivity index (χ1) is 14.9. The number of guanidine groups is 1. The molecule has 1 saturated heterocycles. The molecular weight excluding hydrogens is 529 g/mol. The number of halogens is 3. The molecule has 0 saturated carbocycles. The number of nitrogens with zero attached hydrogens (tertiary/aromatic N) is 3. The monoisotopic (exact) mass is 558 g/mol. The number of aliphatic imine (C=N–C) groups is 1. The molecular formula is C22H29F2IN6O. The van der Waals surface area contributed by atoms with Crippen molar-refractivity contribution in [1.29, 1.82) is 0 Å². The lowest BCUT2D eigenvalue weighted by atomic mass is 10.2. The zero-order valence-electron chi connectivity index (χ0n) is 18.2. The molecule has 1 aliphatic rings. The molecule has 10 heteroatoms. The number of pyridine rings is 1. The minimum atomic E-state index is -0.584. The third-order valence-electron chi connectivity index (χ3n) is 4.89. The summed E-state index contributed by atoms with van der Waals surface area (Å²) in [7, 11) is 0. The number of anilines is 2. The Labute approximate surface area is 204 Å². The molecule has 32 heavy (non-hydrogen) atoms. The number of rotatable bonds is 7. The second kappa shape index (κ2) is 12.5. The van der Waals surface area contributed by atoms with Gasteiger partial charge in [-0.05, 0) is 44.5 Å². The number of hydrogen-bond acceptors (Lipinski definition) is 4. The number of carbonyl (C=O) groups excluding carboxylic acids is 1. The molecule has 0 spiro atoms. The Morgan fingerprint density at radius 1 is 1.28 bits per heavy atom. The van der Waals surface area contributed by atoms with Gasteiger partial charge in [-0.2, -0.15) is 0 Å². The first-order valence-electron chi connectivity index (χ1n) is 10.4. The number of aryl methyl sites for hydroxylation is 1. The number of nitrogens with one attached hydrogen (secondary N) is 3. The molecule has 3 N–H and O–H groups in total. The fraction of sp³-hybridized carbons (Fsp3) is 0.409. The molecule has 1 amide bonds. The van der Waals surface area contributed by atoms with Gasteiger partial charge in [-0.25, -0.2) is 13.8 Å². The molecule has 1 unspecified atom stereocenters. The van der Waals surface area contributed by atoms with Crippen molar-refractivity contribution in [2.45, 2.75) is 32.7 Å². The van der Waals surface area contributed by atoms with Crippen LogP contribution in [0.4, 0.5) is 20.3 Å². The van der Waals surface area contributed by atoms with Crippen molar-refractivity contribution in [3.63, 3.8) is 0 Å². The second-order valence-corrected chi connectivity index (χ2v) is 7.39. The third kappa shape index (κ3) is 7.57. The fourth-order valence-corrected chi connectivity index (χ4v) is 3.44. The molecule has 2 aromatic rings. The highest BCUT2D eigenvalue weighted by Gasteiger charge is 2.25. The number of hydrogen-bond donors (Lipinski definition) is 3. The molecule has 0 aliphatic carbocycles. The minimum Gasteiger partial charge on any atom is -0.367 e. The van der Waals surface area contributed by atoms with Crippen LogP contribution in [-0.4, -0.2) is 49.1 Å². The van der Waals surface area contributed by atoms with Gasteiger partial charge in [0.2, 0.25) is 5.91 Å². The zero-order chi connectivity index (χ0) is 22.2. The van der Waals surface area contributed by atoms with Crippen LogP contribution in [0, 0.1) is 18.6 Å². The first kappa shape index (κ1) is 25.8. The van der Waals surface area contributed by atoms with Gasteiger partial charge in [0.05, 0.1) is 12.2 Å². The van der Waals surface area contributed by atoms with E-state index in [1.165, 1.54) is 12.1 Å². The Balaban J connectivity index is 0.00000363. The SMILES string of the molecule is CCNC(=NCCC(=O)Nc1cccc(C)n1)NC1CCN(c2ccc(F)cc2F)C1.I. The molecule has 1 aromatic carbocycles. The van der Waals surface area contributed by atoms with Crippen LogP contribution in [0.1, 0.15) is 25.5 Å². The average molecular weight is 558 g/mol. The van der Waals surface area contributed by atoms with Crippen LogP contribution in [-0.2, 0) is 4.79 Å². The predicted molar refractivity (Wildman–Crippen MR) is 134 cm³/mol. The van der Waals surface area contributed by atoms with Gasteiger partial charge < -0.3 is 20.9 Å². The summed E-state index contributed by atoms with van der Waals surface area (Å²) in [5.74, 6) is -0.167. The van der Waals surface area contributed by atoms with E-state index in [0.29, 0.717) is 43.6 Å². The average Bonchev–Trinajstić information content (AvgIpc) is 3.16. The van der Waals surface area contributed by atoms with Crippen molar-refractivity contribution >= 4 is 47.3 Å². The van der Waals surface area contributed by atoms with Gasteiger partial charge in [0.1, 0.15) is 17.5 Å². The normalized spacial score (nSPS) is 15.8. The molecule has 174 valence electrons. The van der Waals surface area contributed by atoms with Gasteiger partial charge in [-0.3, -0.25) is 9.79 Å². The van der Waals surface area contributed by atoms with E-state index < -0.39 is 11.6 Å². The van der Waals surface area contributed by atoms with Crippen LogP contribution < -0.4 is 20.9 Å². The maximum atomic E-state index is 14.1. The molecule has 1 aromatic heterocycles. The summed E-state index contributed by atoms with van der Waals surface area (Å²) in [6.45, 7) is 6.05. The van der Waals surface area contributed by atoms with E-state index >= 15 is 0 Å². The number of aromatic nitrogens is 1. The van der Waals surface area contributed by atoms with Gasteiger partial charge in [0, 0.05) is 43.9 Å². The molecule has 3 rings (SSSR count). The molecule has 1 aliphatic heterocycles. The van der Waals surface area contributed by atoms with Gasteiger partial charge in [-0.15, -0.1) is 24.0 Å². The van der Waals surface area contributed by atoms with E-state index in [2.05, 4.69) is 25.9 Å². The highest BCUT2D eigenvalue weighted by atomic mass is 127. The summed E-state index contributed by atoms with van der Waals surface area (Å²) < 4.78 is 27.2. The van der Waals surface area contributed by atoms with E-state index in [1.807, 2.05) is 30.9 Å². The van der Waals surface area contributed by atoms with Crippen molar-refractivity contribution < 1.29 is 13.6 Å². The lowest BCUT2D eigenvalue weighted by Gasteiger charge is -2.21. The van der Waals surface area contributed by atoms with Crippen LogP contribution >= 0.6 is 24.0 Å². The van der Waals surface area contributed by atoms with Crippen LogP contribution in [0.25, 0.3) is 0 Å². The Hall–Kier alpha value is -2.50. The quantitative estimate of drug-likeness (QED) is 0.276. The minimum absolute atomic E-state index is 0. The molecule has 1 fully saturated rings. The van der Waals surface area contributed by atoms with Crippen LogP contribution in [0.15, 0.2) is 41.4 Å². The van der Waals surface area contributed by atoms with Crippen molar-refractivity contribution in [1.82, 2.24) is 15.6 Å². The van der Waals surface area contributed by atoms with Gasteiger partial charge >= 0.3 is 0 Å². The highest BCUT2D eigenvalue weighted by Crippen LogP contribution is 2.24. The van der Waals surface area contributed by atoms with E-state index in [1.54, 1.807) is 6.07 Å². The van der Waals surface area contributed by atoms with Crippen molar-refractivity contribution in [3.8, 4) is 0 Å². The van der Waals surface area contributed by atoms with Crippen molar-refractivity contribution in [2.24, 2.45) is 4.99 Å². The largest absolute Gasteiger partial charge is 0.367 e. The molecule has 0 radical (unpaired) electrons. The summed E-state index contributed by atoms with van der Waals surface area (Å²) in [6.07, 6.45) is 1.02. The predicted octanol–water partition coefficient (Wildman–Crippen LogP) is 3.45. The van der Waals surface area contributed by atoms with Crippen LogP contribution in [0.3, 0.4) is 0 Å². The maximum Gasteiger partial charge on any atom is 0.227 e.